The van der Waals surface area contributed by atoms with Gasteiger partial charge < -0.3 is 15.5 Å². The lowest BCUT2D eigenvalue weighted by Gasteiger charge is -2.32. The average Bonchev–Trinajstić information content (AvgIpc) is 2.81. The fourth-order valence-corrected chi connectivity index (χ4v) is 2.64. The SMILES string of the molecule is O=C1CN(C[C@@H]2CCCN2)c2ccccc2N1. The molecular weight excluding hydrogens is 214 g/mol. The Morgan fingerprint density at radius 3 is 3.06 bits per heavy atom. The number of para-hydroxylation sites is 2. The van der Waals surface area contributed by atoms with Gasteiger partial charge in [-0.3, -0.25) is 4.79 Å². The smallest absolute Gasteiger partial charge is 0.243 e. The first-order valence-electron chi connectivity index (χ1n) is 6.20. The molecule has 4 nitrogen and oxygen atoms in total. The van der Waals surface area contributed by atoms with E-state index in [0.29, 0.717) is 12.6 Å². The molecule has 2 aliphatic heterocycles. The number of carbonyl (C=O) groups excluding carboxylic acids is 1. The number of nitrogens with one attached hydrogen (secondary N) is 2. The Hall–Kier alpha value is -1.55. The molecule has 0 aliphatic carbocycles. The highest BCUT2D eigenvalue weighted by molar-refractivity contribution is 6.01. The van der Waals surface area contributed by atoms with E-state index in [-0.39, 0.29) is 5.91 Å². The van der Waals surface area contributed by atoms with Gasteiger partial charge in [-0.05, 0) is 31.5 Å². The molecule has 0 aromatic heterocycles. The number of rotatable bonds is 2. The standard InChI is InChI=1S/C13H17N3O/c17-13-9-16(8-10-4-3-7-14-10)12-6-2-1-5-11(12)15-13/h1-2,5-6,10,14H,3-4,7-9H2,(H,15,17)/t10-/m0/s1. The zero-order valence-corrected chi connectivity index (χ0v) is 9.78. The molecule has 2 N–H and O–H groups in total. The van der Waals surface area contributed by atoms with Crippen LogP contribution in [0.3, 0.4) is 0 Å². The van der Waals surface area contributed by atoms with Crippen molar-refractivity contribution in [2.24, 2.45) is 0 Å². The van der Waals surface area contributed by atoms with E-state index >= 15 is 0 Å². The summed E-state index contributed by atoms with van der Waals surface area (Å²) in [5, 5.41) is 6.39. The maximum absolute atomic E-state index is 11.6. The van der Waals surface area contributed by atoms with Crippen molar-refractivity contribution in [2.75, 3.05) is 29.9 Å². The topological polar surface area (TPSA) is 44.4 Å². The number of amides is 1. The first kappa shape index (κ1) is 10.6. The Morgan fingerprint density at radius 2 is 2.24 bits per heavy atom. The van der Waals surface area contributed by atoms with Crippen molar-refractivity contribution in [1.82, 2.24) is 5.32 Å². The van der Waals surface area contributed by atoms with Gasteiger partial charge in [-0.15, -0.1) is 0 Å². The summed E-state index contributed by atoms with van der Waals surface area (Å²) in [7, 11) is 0. The first-order chi connectivity index (χ1) is 8.33. The molecule has 1 aromatic carbocycles. The van der Waals surface area contributed by atoms with Crippen LogP contribution >= 0.6 is 0 Å². The molecule has 0 bridgehead atoms. The van der Waals surface area contributed by atoms with Crippen molar-refractivity contribution in [3.05, 3.63) is 24.3 Å². The second-order valence-corrected chi connectivity index (χ2v) is 4.74. The Kier molecular flexibility index (Phi) is 2.73. The van der Waals surface area contributed by atoms with E-state index in [1.54, 1.807) is 0 Å². The summed E-state index contributed by atoms with van der Waals surface area (Å²) in [4.78, 5) is 13.8. The number of hydrogen-bond acceptors (Lipinski definition) is 3. The van der Waals surface area contributed by atoms with E-state index in [4.69, 9.17) is 0 Å². The maximum atomic E-state index is 11.6. The molecule has 90 valence electrons. The fraction of sp³-hybridized carbons (Fsp3) is 0.462. The van der Waals surface area contributed by atoms with E-state index in [1.807, 2.05) is 18.2 Å². The third kappa shape index (κ3) is 2.13. The highest BCUT2D eigenvalue weighted by atomic mass is 16.2. The number of hydrogen-bond donors (Lipinski definition) is 2. The zero-order valence-electron chi connectivity index (χ0n) is 9.78. The number of nitrogens with zero attached hydrogens (tertiary/aromatic N) is 1. The van der Waals surface area contributed by atoms with Gasteiger partial charge in [0, 0.05) is 12.6 Å². The summed E-state index contributed by atoms with van der Waals surface area (Å²) in [5.74, 6) is 0.0849. The second kappa shape index (κ2) is 4.37. The van der Waals surface area contributed by atoms with E-state index in [2.05, 4.69) is 21.6 Å². The van der Waals surface area contributed by atoms with Gasteiger partial charge in [0.15, 0.2) is 0 Å². The van der Waals surface area contributed by atoms with Gasteiger partial charge in [-0.1, -0.05) is 12.1 Å². The van der Waals surface area contributed by atoms with Crippen LogP contribution < -0.4 is 15.5 Å². The molecule has 2 heterocycles. The molecule has 2 aliphatic rings. The summed E-state index contributed by atoms with van der Waals surface area (Å²) in [6.07, 6.45) is 2.45. The molecule has 17 heavy (non-hydrogen) atoms. The van der Waals surface area contributed by atoms with E-state index in [1.165, 1.54) is 12.8 Å². The third-order valence-corrected chi connectivity index (χ3v) is 3.46. The van der Waals surface area contributed by atoms with Crippen LogP contribution in [0.4, 0.5) is 11.4 Å². The average molecular weight is 231 g/mol. The minimum atomic E-state index is 0.0849. The Labute approximate surface area is 101 Å². The van der Waals surface area contributed by atoms with Gasteiger partial charge in [-0.25, -0.2) is 0 Å². The van der Waals surface area contributed by atoms with Crippen LogP contribution in [0.5, 0.6) is 0 Å². The summed E-state index contributed by atoms with van der Waals surface area (Å²) < 4.78 is 0. The van der Waals surface area contributed by atoms with Gasteiger partial charge >= 0.3 is 0 Å². The molecule has 0 radical (unpaired) electrons. The summed E-state index contributed by atoms with van der Waals surface area (Å²) in [6.45, 7) is 2.49. The zero-order chi connectivity index (χ0) is 11.7. The van der Waals surface area contributed by atoms with Crippen LogP contribution in [-0.4, -0.2) is 31.6 Å². The predicted octanol–water partition coefficient (Wildman–Crippen LogP) is 1.20. The minimum Gasteiger partial charge on any atom is -0.359 e. The van der Waals surface area contributed by atoms with Gasteiger partial charge in [0.2, 0.25) is 5.91 Å². The molecule has 1 aromatic rings. The normalized spacial score (nSPS) is 23.4. The number of anilines is 2. The van der Waals surface area contributed by atoms with Crippen molar-refractivity contribution in [2.45, 2.75) is 18.9 Å². The molecule has 1 atom stereocenters. The predicted molar refractivity (Wildman–Crippen MR) is 68.3 cm³/mol. The maximum Gasteiger partial charge on any atom is 0.243 e. The van der Waals surface area contributed by atoms with Crippen molar-refractivity contribution in [3.8, 4) is 0 Å². The summed E-state index contributed by atoms with van der Waals surface area (Å²) >= 11 is 0. The monoisotopic (exact) mass is 231 g/mol. The Bertz CT molecular complexity index is 426. The minimum absolute atomic E-state index is 0.0849. The van der Waals surface area contributed by atoms with Gasteiger partial charge in [-0.2, -0.15) is 0 Å². The fourth-order valence-electron chi connectivity index (χ4n) is 2.64. The van der Waals surface area contributed by atoms with E-state index in [0.717, 1.165) is 24.5 Å². The van der Waals surface area contributed by atoms with Gasteiger partial charge in [0.25, 0.3) is 0 Å². The number of fused-ring (bicyclic) bond motifs is 1. The second-order valence-electron chi connectivity index (χ2n) is 4.74. The van der Waals surface area contributed by atoms with E-state index in [9.17, 15) is 4.79 Å². The lowest BCUT2D eigenvalue weighted by atomic mass is 10.1. The Morgan fingerprint density at radius 1 is 1.35 bits per heavy atom. The molecule has 1 amide bonds. The molecule has 1 fully saturated rings. The van der Waals surface area contributed by atoms with Crippen molar-refractivity contribution >= 4 is 17.3 Å². The molecule has 0 saturated carbocycles. The van der Waals surface area contributed by atoms with E-state index < -0.39 is 0 Å². The molecule has 3 rings (SSSR count). The summed E-state index contributed by atoms with van der Waals surface area (Å²) in [5.41, 5.74) is 2.07. The van der Waals surface area contributed by atoms with Crippen LogP contribution in [0.1, 0.15) is 12.8 Å². The van der Waals surface area contributed by atoms with Crippen molar-refractivity contribution < 1.29 is 4.79 Å². The third-order valence-electron chi connectivity index (χ3n) is 3.46. The molecule has 1 saturated heterocycles. The number of carbonyl (C=O) groups is 1. The molecular formula is C13H17N3O. The van der Waals surface area contributed by atoms with Crippen LogP contribution in [0.25, 0.3) is 0 Å². The van der Waals surface area contributed by atoms with Crippen LogP contribution in [0.15, 0.2) is 24.3 Å². The largest absolute Gasteiger partial charge is 0.359 e. The van der Waals surface area contributed by atoms with Gasteiger partial charge in [0.05, 0.1) is 17.9 Å². The van der Waals surface area contributed by atoms with Crippen molar-refractivity contribution in [1.29, 1.82) is 0 Å². The lowest BCUT2D eigenvalue weighted by molar-refractivity contribution is -0.115. The molecule has 0 spiro atoms. The Balaban J connectivity index is 1.81. The van der Waals surface area contributed by atoms with Crippen LogP contribution in [0, 0.1) is 0 Å². The van der Waals surface area contributed by atoms with Crippen LogP contribution in [0.2, 0.25) is 0 Å². The summed E-state index contributed by atoms with van der Waals surface area (Å²) in [6, 6.07) is 8.53. The lowest BCUT2D eigenvalue weighted by Crippen LogP contribution is -2.44. The van der Waals surface area contributed by atoms with Crippen LogP contribution in [-0.2, 0) is 4.79 Å². The molecule has 0 unspecified atom stereocenters. The highest BCUT2D eigenvalue weighted by Gasteiger charge is 2.25. The quantitative estimate of drug-likeness (QED) is 0.804. The highest BCUT2D eigenvalue weighted by Crippen LogP contribution is 2.29. The molecule has 4 heteroatoms. The number of benzene rings is 1. The first-order valence-corrected chi connectivity index (χ1v) is 6.20. The van der Waals surface area contributed by atoms with Gasteiger partial charge in [0.1, 0.15) is 0 Å². The van der Waals surface area contributed by atoms with Crippen molar-refractivity contribution in [3.63, 3.8) is 0 Å².